The first-order chi connectivity index (χ1) is 11.5. The van der Waals surface area contributed by atoms with E-state index in [-0.39, 0.29) is 17.9 Å². The predicted molar refractivity (Wildman–Crippen MR) is 97.7 cm³/mol. The van der Waals surface area contributed by atoms with Gasteiger partial charge in [-0.15, -0.1) is 6.58 Å². The summed E-state index contributed by atoms with van der Waals surface area (Å²) in [6.45, 7) is 11.5. The van der Waals surface area contributed by atoms with Crippen LogP contribution in [0.5, 0.6) is 0 Å². The van der Waals surface area contributed by atoms with Gasteiger partial charge in [0, 0.05) is 40.7 Å². The lowest BCUT2D eigenvalue weighted by molar-refractivity contribution is 0.0581. The van der Waals surface area contributed by atoms with Crippen LogP contribution in [0, 0.1) is 0 Å². The molecule has 4 nitrogen and oxygen atoms in total. The van der Waals surface area contributed by atoms with Crippen molar-refractivity contribution in [1.82, 2.24) is 4.90 Å². The van der Waals surface area contributed by atoms with Crippen molar-refractivity contribution in [3.8, 4) is 0 Å². The second kappa shape index (κ2) is 6.11. The second-order valence-corrected chi connectivity index (χ2v) is 5.99. The molecule has 3 rings (SSSR count). The predicted octanol–water partition coefficient (Wildman–Crippen LogP) is 3.86. The van der Waals surface area contributed by atoms with Gasteiger partial charge >= 0.3 is 0 Å². The molecule has 0 saturated carbocycles. The fraction of sp³-hybridized carbons (Fsp3) is 0.300. The largest absolute Gasteiger partial charge is 0.372 e. The number of hydrogen-bond acceptors (Lipinski definition) is 3. The summed E-state index contributed by atoms with van der Waals surface area (Å²) >= 11 is 0. The summed E-state index contributed by atoms with van der Waals surface area (Å²) in [5.41, 5.74) is 2.24. The summed E-state index contributed by atoms with van der Waals surface area (Å²) in [5, 5.41) is 1.73. The fourth-order valence-electron chi connectivity index (χ4n) is 3.41. The third kappa shape index (κ3) is 2.21. The summed E-state index contributed by atoms with van der Waals surface area (Å²) in [6, 6.07) is 9.17. The quantitative estimate of drug-likeness (QED) is 0.620. The van der Waals surface area contributed by atoms with Gasteiger partial charge in [0.25, 0.3) is 11.8 Å². The van der Waals surface area contributed by atoms with Crippen LogP contribution in [0.1, 0.15) is 41.5 Å². The van der Waals surface area contributed by atoms with Crippen LogP contribution in [-0.2, 0) is 0 Å². The van der Waals surface area contributed by atoms with Crippen molar-refractivity contribution in [1.29, 1.82) is 0 Å². The van der Waals surface area contributed by atoms with Gasteiger partial charge in [0.1, 0.15) is 0 Å². The molecule has 1 aliphatic heterocycles. The van der Waals surface area contributed by atoms with E-state index in [1.54, 1.807) is 19.1 Å². The number of nitrogens with zero attached hydrogens (tertiary/aromatic N) is 2. The molecular weight excluding hydrogens is 300 g/mol. The number of benzene rings is 2. The zero-order valence-electron chi connectivity index (χ0n) is 14.4. The average Bonchev–Trinajstić information content (AvgIpc) is 2.61. The monoisotopic (exact) mass is 322 g/mol. The fourth-order valence-corrected chi connectivity index (χ4v) is 3.41. The molecule has 2 aromatic rings. The molecule has 1 heterocycles. The normalized spacial score (nSPS) is 14.9. The highest BCUT2D eigenvalue weighted by Gasteiger charge is 2.35. The first-order valence-electron chi connectivity index (χ1n) is 8.36. The molecule has 0 spiro atoms. The number of imide groups is 1. The molecule has 1 atom stereocenters. The number of carbonyl (C=O) groups is 2. The van der Waals surface area contributed by atoms with E-state index in [1.807, 2.05) is 24.3 Å². The van der Waals surface area contributed by atoms with Gasteiger partial charge in [-0.2, -0.15) is 0 Å². The lowest BCUT2D eigenvalue weighted by atomic mass is 9.92. The van der Waals surface area contributed by atoms with Crippen molar-refractivity contribution in [3.63, 3.8) is 0 Å². The molecule has 0 N–H and O–H groups in total. The molecule has 0 saturated heterocycles. The molecule has 24 heavy (non-hydrogen) atoms. The van der Waals surface area contributed by atoms with E-state index in [9.17, 15) is 9.59 Å². The lowest BCUT2D eigenvalue weighted by Gasteiger charge is -2.32. The highest BCUT2D eigenvalue weighted by molar-refractivity contribution is 6.27. The Morgan fingerprint density at radius 3 is 2.29 bits per heavy atom. The maximum Gasteiger partial charge on any atom is 0.261 e. The lowest BCUT2D eigenvalue weighted by Crippen LogP contribution is -2.45. The maximum absolute atomic E-state index is 12.9. The minimum absolute atomic E-state index is 0.248. The van der Waals surface area contributed by atoms with Crippen molar-refractivity contribution in [2.45, 2.75) is 26.8 Å². The summed E-state index contributed by atoms with van der Waals surface area (Å²) in [4.78, 5) is 29.3. The minimum atomic E-state index is -0.337. The Labute approximate surface area is 142 Å². The van der Waals surface area contributed by atoms with Gasteiger partial charge < -0.3 is 4.90 Å². The zero-order chi connectivity index (χ0) is 17.4. The van der Waals surface area contributed by atoms with E-state index < -0.39 is 0 Å². The zero-order valence-corrected chi connectivity index (χ0v) is 14.4. The second-order valence-electron chi connectivity index (χ2n) is 5.99. The maximum atomic E-state index is 12.9. The molecule has 0 aliphatic carbocycles. The Kier molecular flexibility index (Phi) is 4.14. The van der Waals surface area contributed by atoms with Crippen LogP contribution in [0.2, 0.25) is 0 Å². The first-order valence-corrected chi connectivity index (χ1v) is 8.36. The van der Waals surface area contributed by atoms with Crippen LogP contribution in [-0.4, -0.2) is 35.8 Å². The third-order valence-corrected chi connectivity index (χ3v) is 4.77. The van der Waals surface area contributed by atoms with Crippen molar-refractivity contribution >= 4 is 28.3 Å². The van der Waals surface area contributed by atoms with Crippen molar-refractivity contribution in [2.24, 2.45) is 0 Å². The standard InChI is InChI=1S/C20H22N2O2/c1-5-13(4)22-19(23)15-10-8-9-14-17(21(6-2)7-3)12-11-16(18(14)15)20(22)24/h5,8-13H,1,6-7H2,2-4H3. The highest BCUT2D eigenvalue weighted by atomic mass is 16.2. The number of carbonyl (C=O) groups excluding carboxylic acids is 2. The van der Waals surface area contributed by atoms with Gasteiger partial charge in [-0.05, 0) is 39.0 Å². The van der Waals surface area contributed by atoms with Crippen LogP contribution in [0.3, 0.4) is 0 Å². The Bertz CT molecular complexity index is 815. The minimum Gasteiger partial charge on any atom is -0.372 e. The van der Waals surface area contributed by atoms with Gasteiger partial charge in [0.15, 0.2) is 0 Å². The van der Waals surface area contributed by atoms with Gasteiger partial charge in [0.2, 0.25) is 0 Å². The summed E-state index contributed by atoms with van der Waals surface area (Å²) in [7, 11) is 0. The summed E-state index contributed by atoms with van der Waals surface area (Å²) < 4.78 is 0. The average molecular weight is 322 g/mol. The molecule has 0 bridgehead atoms. The van der Waals surface area contributed by atoms with E-state index >= 15 is 0 Å². The Morgan fingerprint density at radius 2 is 1.71 bits per heavy atom. The van der Waals surface area contributed by atoms with Gasteiger partial charge in [-0.25, -0.2) is 0 Å². The van der Waals surface area contributed by atoms with Crippen molar-refractivity contribution in [2.75, 3.05) is 18.0 Å². The highest BCUT2D eigenvalue weighted by Crippen LogP contribution is 2.36. The number of anilines is 1. The molecule has 1 unspecified atom stereocenters. The number of hydrogen-bond donors (Lipinski definition) is 0. The molecule has 0 aromatic heterocycles. The molecule has 1 aliphatic rings. The van der Waals surface area contributed by atoms with Crippen molar-refractivity contribution in [3.05, 3.63) is 54.1 Å². The molecule has 0 radical (unpaired) electrons. The van der Waals surface area contributed by atoms with Crippen LogP contribution in [0.15, 0.2) is 43.0 Å². The van der Waals surface area contributed by atoms with Gasteiger partial charge in [-0.1, -0.05) is 18.2 Å². The van der Waals surface area contributed by atoms with Gasteiger partial charge in [0.05, 0.1) is 6.04 Å². The first kappa shape index (κ1) is 16.2. The van der Waals surface area contributed by atoms with E-state index in [0.29, 0.717) is 11.1 Å². The molecule has 2 amide bonds. The van der Waals surface area contributed by atoms with Crippen LogP contribution >= 0.6 is 0 Å². The van der Waals surface area contributed by atoms with E-state index in [4.69, 9.17) is 0 Å². The molecule has 0 fully saturated rings. The number of rotatable bonds is 5. The van der Waals surface area contributed by atoms with Crippen LogP contribution in [0.25, 0.3) is 10.8 Å². The summed E-state index contributed by atoms with van der Waals surface area (Å²) in [6.07, 6.45) is 1.62. The van der Waals surface area contributed by atoms with E-state index in [2.05, 4.69) is 25.3 Å². The van der Waals surface area contributed by atoms with E-state index in [0.717, 1.165) is 29.5 Å². The SMILES string of the molecule is C=CC(C)N1C(=O)c2cccc3c(N(CC)CC)ccc(c23)C1=O. The smallest absolute Gasteiger partial charge is 0.261 e. The molecule has 2 aromatic carbocycles. The summed E-state index contributed by atoms with van der Waals surface area (Å²) in [5.74, 6) is -0.496. The Morgan fingerprint density at radius 1 is 1.08 bits per heavy atom. The number of amides is 2. The van der Waals surface area contributed by atoms with Crippen LogP contribution in [0.4, 0.5) is 5.69 Å². The van der Waals surface area contributed by atoms with Crippen LogP contribution < -0.4 is 4.90 Å². The Hall–Kier alpha value is -2.62. The van der Waals surface area contributed by atoms with E-state index in [1.165, 1.54) is 4.90 Å². The third-order valence-electron chi connectivity index (χ3n) is 4.77. The molecule has 4 heteroatoms. The molecular formula is C20H22N2O2. The van der Waals surface area contributed by atoms with Crippen molar-refractivity contribution < 1.29 is 9.59 Å². The molecule has 124 valence electrons. The topological polar surface area (TPSA) is 40.6 Å². The van der Waals surface area contributed by atoms with Gasteiger partial charge in [-0.3, -0.25) is 14.5 Å². The Balaban J connectivity index is 2.30.